The number of rotatable bonds is 4. The molecule has 2 heterocycles. The van der Waals surface area contributed by atoms with Crippen LogP contribution in [-0.2, 0) is 0 Å². The Morgan fingerprint density at radius 2 is 1.74 bits per heavy atom. The van der Waals surface area contributed by atoms with Gasteiger partial charge in [-0.2, -0.15) is 0 Å². The van der Waals surface area contributed by atoms with Gasteiger partial charge in [-0.1, -0.05) is 19.1 Å². The van der Waals surface area contributed by atoms with Gasteiger partial charge < -0.3 is 5.73 Å². The summed E-state index contributed by atoms with van der Waals surface area (Å²) in [5.74, 6) is 0.356. The highest BCUT2D eigenvalue weighted by Crippen LogP contribution is 2.24. The average Bonchev–Trinajstić information content (AvgIpc) is 2.78. The van der Waals surface area contributed by atoms with E-state index in [4.69, 9.17) is 5.73 Å². The van der Waals surface area contributed by atoms with E-state index < -0.39 is 0 Å². The third-order valence-corrected chi connectivity index (χ3v) is 4.86. The van der Waals surface area contributed by atoms with Gasteiger partial charge in [0, 0.05) is 25.7 Å². The lowest BCUT2D eigenvalue weighted by Gasteiger charge is -2.38. The van der Waals surface area contributed by atoms with Gasteiger partial charge in [0.1, 0.15) is 0 Å². The van der Waals surface area contributed by atoms with Gasteiger partial charge >= 0.3 is 0 Å². The van der Waals surface area contributed by atoms with Crippen LogP contribution in [0.15, 0.2) is 24.3 Å². The predicted octanol–water partition coefficient (Wildman–Crippen LogP) is 1.76. The lowest BCUT2D eigenvalue weighted by atomic mass is 9.92. The van der Waals surface area contributed by atoms with Gasteiger partial charge in [0.15, 0.2) is 0 Å². The van der Waals surface area contributed by atoms with Crippen LogP contribution in [0.1, 0.15) is 40.5 Å². The number of benzene rings is 1. The Hall–Kier alpha value is -1.43. The number of carbonyl (C=O) groups excluding carboxylic acids is 2. The number of piperidine rings is 1. The molecule has 126 valence electrons. The fourth-order valence-corrected chi connectivity index (χ4v) is 3.51. The number of carbonyl (C=O) groups is 2. The first kappa shape index (κ1) is 17.9. The fraction of sp³-hybridized carbons (Fsp3) is 0.529. The van der Waals surface area contributed by atoms with Crippen LogP contribution in [0.3, 0.4) is 0 Å². The zero-order valence-electron chi connectivity index (χ0n) is 13.4. The summed E-state index contributed by atoms with van der Waals surface area (Å²) in [6.07, 6.45) is 2.25. The van der Waals surface area contributed by atoms with Gasteiger partial charge in [-0.3, -0.25) is 19.4 Å². The molecule has 0 aromatic heterocycles. The summed E-state index contributed by atoms with van der Waals surface area (Å²) < 4.78 is 0. The molecule has 3 rings (SSSR count). The summed E-state index contributed by atoms with van der Waals surface area (Å²) in [6.45, 7) is 5.03. The highest BCUT2D eigenvalue weighted by Gasteiger charge is 2.35. The number of imide groups is 1. The maximum absolute atomic E-state index is 12.3. The first-order chi connectivity index (χ1) is 10.6. The van der Waals surface area contributed by atoms with Crippen molar-refractivity contribution in [1.82, 2.24) is 9.80 Å². The second-order valence-electron chi connectivity index (χ2n) is 6.36. The van der Waals surface area contributed by atoms with Crippen LogP contribution < -0.4 is 5.73 Å². The van der Waals surface area contributed by atoms with Gasteiger partial charge in [0.05, 0.1) is 11.1 Å². The van der Waals surface area contributed by atoms with Crippen LogP contribution in [0.4, 0.5) is 0 Å². The first-order valence-corrected chi connectivity index (χ1v) is 8.01. The summed E-state index contributed by atoms with van der Waals surface area (Å²) in [5, 5.41) is 0. The minimum atomic E-state index is -0.171. The summed E-state index contributed by atoms with van der Waals surface area (Å²) in [4.78, 5) is 28.4. The van der Waals surface area contributed by atoms with Crippen molar-refractivity contribution >= 4 is 24.2 Å². The quantitative estimate of drug-likeness (QED) is 0.850. The predicted molar refractivity (Wildman–Crippen MR) is 91.9 cm³/mol. The standard InChI is InChI=1S/C17H23N3O2.ClH/c1-12-6-7-19(13(10-12)11-18)8-9-20-16(21)14-4-2-3-5-15(14)17(20)22;/h2-5,12-13H,6-11,18H2,1H3;1H. The average molecular weight is 338 g/mol. The van der Waals surface area contributed by atoms with Crippen LogP contribution in [-0.4, -0.2) is 53.8 Å². The van der Waals surface area contributed by atoms with E-state index in [1.165, 1.54) is 4.90 Å². The Balaban J connectivity index is 0.00000192. The molecule has 23 heavy (non-hydrogen) atoms. The molecule has 2 atom stereocenters. The maximum Gasteiger partial charge on any atom is 0.261 e. The zero-order chi connectivity index (χ0) is 15.7. The maximum atomic E-state index is 12.3. The zero-order valence-corrected chi connectivity index (χ0v) is 14.2. The van der Waals surface area contributed by atoms with Crippen molar-refractivity contribution in [3.05, 3.63) is 35.4 Å². The summed E-state index contributed by atoms with van der Waals surface area (Å²) >= 11 is 0. The first-order valence-electron chi connectivity index (χ1n) is 8.01. The summed E-state index contributed by atoms with van der Waals surface area (Å²) in [5.41, 5.74) is 6.92. The van der Waals surface area contributed by atoms with Crippen molar-refractivity contribution in [2.24, 2.45) is 11.7 Å². The van der Waals surface area contributed by atoms with Gasteiger partial charge in [0.2, 0.25) is 0 Å². The van der Waals surface area contributed by atoms with Gasteiger partial charge in [-0.25, -0.2) is 0 Å². The highest BCUT2D eigenvalue weighted by atomic mass is 35.5. The monoisotopic (exact) mass is 337 g/mol. The smallest absolute Gasteiger partial charge is 0.261 e. The molecule has 0 bridgehead atoms. The van der Waals surface area contributed by atoms with Crippen LogP contribution >= 0.6 is 12.4 Å². The molecule has 2 unspecified atom stereocenters. The fourth-order valence-electron chi connectivity index (χ4n) is 3.51. The summed E-state index contributed by atoms with van der Waals surface area (Å²) in [7, 11) is 0. The van der Waals surface area contributed by atoms with Crippen molar-refractivity contribution in [2.75, 3.05) is 26.2 Å². The molecule has 0 spiro atoms. The molecule has 1 saturated heterocycles. The molecule has 1 aromatic rings. The van der Waals surface area contributed by atoms with Crippen LogP contribution in [0, 0.1) is 5.92 Å². The van der Waals surface area contributed by atoms with Gasteiger partial charge in [-0.15, -0.1) is 12.4 Å². The Labute approximate surface area is 143 Å². The molecular weight excluding hydrogens is 314 g/mol. The molecule has 1 fully saturated rings. The molecule has 0 radical (unpaired) electrons. The molecule has 1 aromatic carbocycles. The molecule has 2 amide bonds. The topological polar surface area (TPSA) is 66.6 Å². The van der Waals surface area contributed by atoms with E-state index in [2.05, 4.69) is 11.8 Å². The SMILES string of the molecule is CC1CCN(CCN2C(=O)c3ccccc3C2=O)C(CN)C1.Cl. The Morgan fingerprint density at radius 1 is 1.13 bits per heavy atom. The molecule has 2 aliphatic heterocycles. The molecule has 2 aliphatic rings. The molecule has 6 heteroatoms. The third-order valence-electron chi connectivity index (χ3n) is 4.86. The Bertz CT molecular complexity index is 558. The number of halogens is 1. The minimum absolute atomic E-state index is 0. The van der Waals surface area contributed by atoms with Crippen LogP contribution in [0.25, 0.3) is 0 Å². The second-order valence-corrected chi connectivity index (χ2v) is 6.36. The third kappa shape index (κ3) is 3.42. The van der Waals surface area contributed by atoms with Gasteiger partial charge in [-0.05, 0) is 37.4 Å². The van der Waals surface area contributed by atoms with E-state index >= 15 is 0 Å². The number of likely N-dealkylation sites (tertiary alicyclic amines) is 1. The highest BCUT2D eigenvalue weighted by molar-refractivity contribution is 6.21. The van der Waals surface area contributed by atoms with Crippen molar-refractivity contribution in [3.63, 3.8) is 0 Å². The lowest BCUT2D eigenvalue weighted by Crippen LogP contribution is -2.49. The number of hydrogen-bond donors (Lipinski definition) is 1. The van der Waals surface area contributed by atoms with Gasteiger partial charge in [0.25, 0.3) is 11.8 Å². The summed E-state index contributed by atoms with van der Waals surface area (Å²) in [6, 6.07) is 7.40. The Morgan fingerprint density at radius 3 is 2.30 bits per heavy atom. The number of hydrogen-bond acceptors (Lipinski definition) is 4. The lowest BCUT2D eigenvalue weighted by molar-refractivity contribution is 0.0594. The van der Waals surface area contributed by atoms with E-state index in [0.29, 0.717) is 42.7 Å². The van der Waals surface area contributed by atoms with Crippen molar-refractivity contribution in [1.29, 1.82) is 0 Å². The molecular formula is C17H24ClN3O2. The van der Waals surface area contributed by atoms with Crippen molar-refractivity contribution in [3.8, 4) is 0 Å². The van der Waals surface area contributed by atoms with E-state index in [9.17, 15) is 9.59 Å². The van der Waals surface area contributed by atoms with E-state index in [-0.39, 0.29) is 24.2 Å². The van der Waals surface area contributed by atoms with Crippen LogP contribution in [0.5, 0.6) is 0 Å². The molecule has 5 nitrogen and oxygen atoms in total. The largest absolute Gasteiger partial charge is 0.329 e. The van der Waals surface area contributed by atoms with Crippen LogP contribution in [0.2, 0.25) is 0 Å². The van der Waals surface area contributed by atoms with E-state index in [0.717, 1.165) is 19.4 Å². The minimum Gasteiger partial charge on any atom is -0.329 e. The number of nitrogens with zero attached hydrogens (tertiary/aromatic N) is 2. The van der Waals surface area contributed by atoms with Crippen molar-refractivity contribution in [2.45, 2.75) is 25.8 Å². The number of fused-ring (bicyclic) bond motifs is 1. The number of amides is 2. The van der Waals surface area contributed by atoms with E-state index in [1.54, 1.807) is 24.3 Å². The molecule has 2 N–H and O–H groups in total. The Kier molecular flexibility index (Phi) is 5.79. The molecule has 0 saturated carbocycles. The number of nitrogens with two attached hydrogens (primary N) is 1. The molecule has 0 aliphatic carbocycles. The normalized spacial score (nSPS) is 24.5. The second kappa shape index (κ2) is 7.43. The van der Waals surface area contributed by atoms with E-state index in [1.807, 2.05) is 0 Å². The van der Waals surface area contributed by atoms with Crippen molar-refractivity contribution < 1.29 is 9.59 Å².